The Balaban J connectivity index is 0.00000104. The molecule has 2 fully saturated rings. The second-order valence-corrected chi connectivity index (χ2v) is 6.32. The van der Waals surface area contributed by atoms with Gasteiger partial charge < -0.3 is 20.6 Å². The molecule has 146 valence electrons. The molecule has 2 amide bonds. The summed E-state index contributed by atoms with van der Waals surface area (Å²) in [4.78, 5) is 33.2. The van der Waals surface area contributed by atoms with Gasteiger partial charge in [0.05, 0.1) is 0 Å². The first kappa shape index (κ1) is 23.4. The van der Waals surface area contributed by atoms with Crippen molar-refractivity contribution < 1.29 is 19.5 Å². The van der Waals surface area contributed by atoms with E-state index in [-0.39, 0.29) is 18.3 Å². The Kier molecular flexibility index (Phi) is 12.7. The molecule has 1 spiro atoms. The maximum atomic E-state index is 12.1. The average molecular weight is 357 g/mol. The second-order valence-electron chi connectivity index (χ2n) is 6.32. The lowest BCUT2D eigenvalue weighted by Gasteiger charge is -2.44. The minimum Gasteiger partial charge on any atom is -0.483 e. The van der Waals surface area contributed by atoms with Gasteiger partial charge in [0.1, 0.15) is 0 Å². The molecule has 0 aliphatic carbocycles. The van der Waals surface area contributed by atoms with Gasteiger partial charge >= 0.3 is 0 Å². The van der Waals surface area contributed by atoms with Crippen LogP contribution in [0.3, 0.4) is 0 Å². The number of hydrogen-bond acceptors (Lipinski definition) is 4. The van der Waals surface area contributed by atoms with E-state index in [1.54, 1.807) is 0 Å². The number of carbonyl (C=O) groups is 3. The van der Waals surface area contributed by atoms with E-state index in [0.29, 0.717) is 18.4 Å². The standard InChI is InChI=1S/C15H27N3O2.C2H6.CH2O2/c1-13(19)17-8-2-3-14(20)18-11-6-15(7-12-18)4-9-16-10-5-15;1-2;2-1-3/h16H,2-12H2,1H3,(H,17,19);1-2H3;1H,(H,2,3). The van der Waals surface area contributed by atoms with Gasteiger partial charge in [0.15, 0.2) is 0 Å². The molecule has 7 nitrogen and oxygen atoms in total. The van der Waals surface area contributed by atoms with Crippen molar-refractivity contribution in [2.75, 3.05) is 32.7 Å². The van der Waals surface area contributed by atoms with Crippen LogP contribution in [0.4, 0.5) is 0 Å². The zero-order valence-electron chi connectivity index (χ0n) is 16.0. The van der Waals surface area contributed by atoms with E-state index in [1.165, 1.54) is 19.8 Å². The highest BCUT2D eigenvalue weighted by molar-refractivity contribution is 5.76. The smallest absolute Gasteiger partial charge is 0.290 e. The number of hydrogen-bond donors (Lipinski definition) is 3. The van der Waals surface area contributed by atoms with Gasteiger partial charge in [-0.2, -0.15) is 0 Å². The fourth-order valence-corrected chi connectivity index (χ4v) is 3.35. The topological polar surface area (TPSA) is 98.7 Å². The molecule has 0 unspecified atom stereocenters. The lowest BCUT2D eigenvalue weighted by atomic mass is 9.71. The van der Waals surface area contributed by atoms with Crippen LogP contribution >= 0.6 is 0 Å². The number of nitrogens with one attached hydrogen (secondary N) is 2. The van der Waals surface area contributed by atoms with Crippen LogP contribution in [0.25, 0.3) is 0 Å². The highest BCUT2D eigenvalue weighted by Crippen LogP contribution is 2.39. The monoisotopic (exact) mass is 357 g/mol. The minimum absolute atomic E-state index is 0.0247. The fraction of sp³-hybridized carbons (Fsp3) is 0.833. The van der Waals surface area contributed by atoms with Crippen LogP contribution in [-0.2, 0) is 14.4 Å². The SMILES string of the molecule is CC.CC(=O)NCCCC(=O)N1CCC2(CCNCC2)CC1.O=CO. The summed E-state index contributed by atoms with van der Waals surface area (Å²) in [5.74, 6) is 0.224. The first-order chi connectivity index (χ1) is 12.0. The Morgan fingerprint density at radius 2 is 1.68 bits per heavy atom. The maximum Gasteiger partial charge on any atom is 0.290 e. The van der Waals surface area contributed by atoms with Gasteiger partial charge in [0, 0.05) is 33.0 Å². The lowest BCUT2D eigenvalue weighted by Crippen LogP contribution is -2.47. The van der Waals surface area contributed by atoms with Crippen molar-refractivity contribution in [3.8, 4) is 0 Å². The van der Waals surface area contributed by atoms with Crippen molar-refractivity contribution in [1.29, 1.82) is 0 Å². The predicted molar refractivity (Wildman–Crippen MR) is 98.3 cm³/mol. The van der Waals surface area contributed by atoms with E-state index in [4.69, 9.17) is 9.90 Å². The number of carboxylic acid groups (broad SMARTS) is 1. The molecule has 0 radical (unpaired) electrons. The van der Waals surface area contributed by atoms with E-state index in [9.17, 15) is 9.59 Å². The van der Waals surface area contributed by atoms with Crippen LogP contribution < -0.4 is 10.6 Å². The molecule has 0 aromatic rings. The predicted octanol–water partition coefficient (Wildman–Crippen LogP) is 1.62. The van der Waals surface area contributed by atoms with Crippen molar-refractivity contribution in [3.05, 3.63) is 0 Å². The largest absolute Gasteiger partial charge is 0.483 e. The molecular formula is C18H35N3O4. The summed E-state index contributed by atoms with van der Waals surface area (Å²) < 4.78 is 0. The van der Waals surface area contributed by atoms with Crippen molar-refractivity contribution in [2.24, 2.45) is 5.41 Å². The van der Waals surface area contributed by atoms with E-state index < -0.39 is 0 Å². The number of nitrogens with zero attached hydrogens (tertiary/aromatic N) is 1. The van der Waals surface area contributed by atoms with Crippen molar-refractivity contribution in [2.45, 2.75) is 59.3 Å². The summed E-state index contributed by atoms with van der Waals surface area (Å²) in [6.45, 7) is 9.95. The Morgan fingerprint density at radius 3 is 2.16 bits per heavy atom. The number of carbonyl (C=O) groups excluding carboxylic acids is 2. The Morgan fingerprint density at radius 1 is 1.16 bits per heavy atom. The first-order valence-corrected chi connectivity index (χ1v) is 9.34. The van der Waals surface area contributed by atoms with Crippen molar-refractivity contribution >= 4 is 18.3 Å². The zero-order chi connectivity index (χ0) is 19.1. The Labute approximate surface area is 151 Å². The molecule has 2 aliphatic heterocycles. The van der Waals surface area contributed by atoms with Crippen LogP contribution in [0.2, 0.25) is 0 Å². The Bertz CT molecular complexity index is 386. The van der Waals surface area contributed by atoms with Crippen molar-refractivity contribution in [1.82, 2.24) is 15.5 Å². The summed E-state index contributed by atoms with van der Waals surface area (Å²) in [7, 11) is 0. The van der Waals surface area contributed by atoms with Crippen LogP contribution in [0.5, 0.6) is 0 Å². The summed E-state index contributed by atoms with van der Waals surface area (Å²) in [6, 6.07) is 0. The maximum absolute atomic E-state index is 12.1. The van der Waals surface area contributed by atoms with Gasteiger partial charge in [-0.15, -0.1) is 0 Å². The third-order valence-electron chi connectivity index (χ3n) is 4.78. The molecule has 0 aromatic heterocycles. The number of amides is 2. The molecule has 7 heteroatoms. The molecule has 3 N–H and O–H groups in total. The highest BCUT2D eigenvalue weighted by atomic mass is 16.3. The molecule has 0 aromatic carbocycles. The normalized spacial score (nSPS) is 18.1. The summed E-state index contributed by atoms with van der Waals surface area (Å²) in [5, 5.41) is 13.0. The zero-order valence-corrected chi connectivity index (χ0v) is 16.0. The fourth-order valence-electron chi connectivity index (χ4n) is 3.35. The van der Waals surface area contributed by atoms with Crippen molar-refractivity contribution in [3.63, 3.8) is 0 Å². The van der Waals surface area contributed by atoms with E-state index in [1.807, 2.05) is 18.7 Å². The van der Waals surface area contributed by atoms with Crippen LogP contribution in [-0.4, -0.2) is 61.0 Å². The number of likely N-dealkylation sites (tertiary alicyclic amines) is 1. The third kappa shape index (κ3) is 9.43. The molecule has 2 saturated heterocycles. The molecule has 0 atom stereocenters. The van der Waals surface area contributed by atoms with Gasteiger partial charge in [0.2, 0.25) is 11.8 Å². The van der Waals surface area contributed by atoms with E-state index >= 15 is 0 Å². The quantitative estimate of drug-likeness (QED) is 0.524. The van der Waals surface area contributed by atoms with Crippen LogP contribution in [0, 0.1) is 5.41 Å². The molecular weight excluding hydrogens is 322 g/mol. The summed E-state index contributed by atoms with van der Waals surface area (Å²) >= 11 is 0. The summed E-state index contributed by atoms with van der Waals surface area (Å²) in [5.41, 5.74) is 0.498. The van der Waals surface area contributed by atoms with Gasteiger partial charge in [-0.1, -0.05) is 13.8 Å². The van der Waals surface area contributed by atoms with Crippen LogP contribution in [0.1, 0.15) is 59.3 Å². The summed E-state index contributed by atoms with van der Waals surface area (Å²) in [6.07, 6.45) is 6.13. The number of rotatable bonds is 4. The van der Waals surface area contributed by atoms with Gasteiger partial charge in [0.25, 0.3) is 6.47 Å². The number of piperidine rings is 2. The second kappa shape index (κ2) is 13.6. The third-order valence-corrected chi connectivity index (χ3v) is 4.78. The first-order valence-electron chi connectivity index (χ1n) is 9.34. The molecule has 2 rings (SSSR count). The van der Waals surface area contributed by atoms with Crippen LogP contribution in [0.15, 0.2) is 0 Å². The molecule has 0 saturated carbocycles. The van der Waals surface area contributed by atoms with Gasteiger partial charge in [-0.25, -0.2) is 0 Å². The molecule has 2 heterocycles. The van der Waals surface area contributed by atoms with Gasteiger partial charge in [-0.3, -0.25) is 14.4 Å². The molecule has 2 aliphatic rings. The Hall–Kier alpha value is -1.63. The molecule has 25 heavy (non-hydrogen) atoms. The minimum atomic E-state index is -0.250. The highest BCUT2D eigenvalue weighted by Gasteiger charge is 2.36. The van der Waals surface area contributed by atoms with E-state index in [0.717, 1.165) is 45.4 Å². The lowest BCUT2D eigenvalue weighted by molar-refractivity contribution is -0.134. The van der Waals surface area contributed by atoms with Gasteiger partial charge in [-0.05, 0) is 50.6 Å². The van der Waals surface area contributed by atoms with E-state index in [2.05, 4.69) is 10.6 Å². The average Bonchev–Trinajstić information content (AvgIpc) is 2.62. The molecule has 0 bridgehead atoms.